The molecule has 1 aliphatic rings. The largest absolute Gasteiger partial charge is 0.329 e. The molecule has 2 N–H and O–H groups in total. The first-order chi connectivity index (χ1) is 8.93. The molecule has 1 heterocycles. The molecule has 0 amide bonds. The van der Waals surface area contributed by atoms with Crippen LogP contribution >= 0.6 is 11.8 Å². The number of hydrogen-bond acceptors (Lipinski definition) is 3. The molecule has 1 aromatic rings. The summed E-state index contributed by atoms with van der Waals surface area (Å²) < 4.78 is 13.7. The lowest BCUT2D eigenvalue weighted by Crippen LogP contribution is -2.46. The molecule has 0 spiro atoms. The lowest BCUT2D eigenvalue weighted by Gasteiger charge is -2.42. The molecule has 1 aromatic carbocycles. The molecular formula is C15H23FN2S. The summed E-state index contributed by atoms with van der Waals surface area (Å²) in [5.74, 6) is 0.933. The Morgan fingerprint density at radius 3 is 2.84 bits per heavy atom. The average Bonchev–Trinajstić information content (AvgIpc) is 2.33. The second-order valence-corrected chi connectivity index (χ2v) is 7.63. The molecule has 1 atom stereocenters. The van der Waals surface area contributed by atoms with Crippen LogP contribution < -0.4 is 5.73 Å². The molecule has 19 heavy (non-hydrogen) atoms. The van der Waals surface area contributed by atoms with Crippen molar-refractivity contribution in [2.24, 2.45) is 5.73 Å². The van der Waals surface area contributed by atoms with Crippen molar-refractivity contribution in [1.82, 2.24) is 4.90 Å². The summed E-state index contributed by atoms with van der Waals surface area (Å²) in [7, 11) is 0. The van der Waals surface area contributed by atoms with E-state index in [9.17, 15) is 4.39 Å². The van der Waals surface area contributed by atoms with Gasteiger partial charge in [-0.3, -0.25) is 4.90 Å². The van der Waals surface area contributed by atoms with E-state index >= 15 is 0 Å². The molecule has 4 heteroatoms. The number of nitrogens with two attached hydrogens (primary N) is 1. The molecule has 1 aliphatic heterocycles. The van der Waals surface area contributed by atoms with Crippen molar-refractivity contribution in [3.8, 4) is 0 Å². The summed E-state index contributed by atoms with van der Waals surface area (Å²) in [5.41, 5.74) is 8.12. The van der Waals surface area contributed by atoms with Crippen LogP contribution in [0.4, 0.5) is 4.39 Å². The summed E-state index contributed by atoms with van der Waals surface area (Å²) in [6, 6.07) is 5.12. The first-order valence-corrected chi connectivity index (χ1v) is 7.75. The SMILES string of the molecule is Cc1ccc(F)cc1C(CN)N1CCSC(C)(C)C1. The Bertz CT molecular complexity index is 448. The van der Waals surface area contributed by atoms with E-state index in [1.165, 1.54) is 6.07 Å². The Morgan fingerprint density at radius 2 is 2.21 bits per heavy atom. The van der Waals surface area contributed by atoms with Crippen molar-refractivity contribution in [2.45, 2.75) is 31.6 Å². The number of hydrogen-bond donors (Lipinski definition) is 1. The molecule has 0 radical (unpaired) electrons. The highest BCUT2D eigenvalue weighted by atomic mass is 32.2. The Morgan fingerprint density at radius 1 is 1.47 bits per heavy atom. The lowest BCUT2D eigenvalue weighted by molar-refractivity contribution is 0.191. The van der Waals surface area contributed by atoms with Crippen molar-refractivity contribution in [2.75, 3.05) is 25.4 Å². The van der Waals surface area contributed by atoms with Gasteiger partial charge in [-0.1, -0.05) is 6.07 Å². The highest BCUT2D eigenvalue weighted by molar-refractivity contribution is 8.00. The van der Waals surface area contributed by atoms with E-state index in [0.717, 1.165) is 30.0 Å². The van der Waals surface area contributed by atoms with Gasteiger partial charge in [-0.15, -0.1) is 0 Å². The third kappa shape index (κ3) is 3.50. The van der Waals surface area contributed by atoms with Crippen LogP contribution in [0.15, 0.2) is 18.2 Å². The molecule has 2 nitrogen and oxygen atoms in total. The number of halogens is 1. The Labute approximate surface area is 119 Å². The maximum Gasteiger partial charge on any atom is 0.123 e. The van der Waals surface area contributed by atoms with Gasteiger partial charge in [-0.2, -0.15) is 11.8 Å². The van der Waals surface area contributed by atoms with Crippen LogP contribution in [0.25, 0.3) is 0 Å². The van der Waals surface area contributed by atoms with Crippen molar-refractivity contribution in [3.63, 3.8) is 0 Å². The van der Waals surface area contributed by atoms with E-state index in [-0.39, 0.29) is 16.6 Å². The van der Waals surface area contributed by atoms with Crippen LogP contribution in [0.2, 0.25) is 0 Å². The average molecular weight is 282 g/mol. The zero-order chi connectivity index (χ0) is 14.0. The smallest absolute Gasteiger partial charge is 0.123 e. The first-order valence-electron chi connectivity index (χ1n) is 6.77. The fourth-order valence-electron chi connectivity index (χ4n) is 2.76. The Kier molecular flexibility index (Phi) is 4.54. The molecule has 2 rings (SSSR count). The van der Waals surface area contributed by atoms with E-state index < -0.39 is 0 Å². The second kappa shape index (κ2) is 5.81. The third-order valence-corrected chi connectivity index (χ3v) is 5.02. The van der Waals surface area contributed by atoms with Crippen molar-refractivity contribution in [1.29, 1.82) is 0 Å². The first kappa shape index (κ1) is 14.8. The summed E-state index contributed by atoms with van der Waals surface area (Å²) in [5, 5.41) is 0. The fraction of sp³-hybridized carbons (Fsp3) is 0.600. The van der Waals surface area contributed by atoms with E-state index in [1.807, 2.05) is 24.8 Å². The standard InChI is InChI=1S/C15H23FN2S/c1-11-4-5-12(16)8-13(11)14(9-17)18-6-7-19-15(2,3)10-18/h4-5,8,14H,6-7,9-10,17H2,1-3H3. The maximum absolute atomic E-state index is 13.5. The van der Waals surface area contributed by atoms with Gasteiger partial charge < -0.3 is 5.73 Å². The van der Waals surface area contributed by atoms with Gasteiger partial charge in [0.1, 0.15) is 5.82 Å². The van der Waals surface area contributed by atoms with Crippen molar-refractivity contribution in [3.05, 3.63) is 35.1 Å². The van der Waals surface area contributed by atoms with Crippen molar-refractivity contribution >= 4 is 11.8 Å². The highest BCUT2D eigenvalue weighted by Gasteiger charge is 2.31. The quantitative estimate of drug-likeness (QED) is 0.924. The minimum absolute atomic E-state index is 0.121. The van der Waals surface area contributed by atoms with Crippen LogP contribution in [0, 0.1) is 12.7 Å². The summed E-state index contributed by atoms with van der Waals surface area (Å²) >= 11 is 2.00. The number of nitrogens with zero attached hydrogens (tertiary/aromatic N) is 1. The van der Waals surface area contributed by atoms with Crippen LogP contribution in [0.1, 0.15) is 31.0 Å². The van der Waals surface area contributed by atoms with Gasteiger partial charge >= 0.3 is 0 Å². The van der Waals surface area contributed by atoms with Gasteiger partial charge in [-0.25, -0.2) is 4.39 Å². The number of aryl methyl sites for hydroxylation is 1. The van der Waals surface area contributed by atoms with E-state index in [4.69, 9.17) is 5.73 Å². The molecule has 106 valence electrons. The molecule has 0 bridgehead atoms. The molecule has 0 aliphatic carbocycles. The van der Waals surface area contributed by atoms with Crippen LogP contribution in [0.3, 0.4) is 0 Å². The topological polar surface area (TPSA) is 29.3 Å². The van der Waals surface area contributed by atoms with E-state index in [2.05, 4.69) is 18.7 Å². The number of rotatable bonds is 3. The van der Waals surface area contributed by atoms with Crippen LogP contribution in [-0.4, -0.2) is 35.0 Å². The molecule has 1 unspecified atom stereocenters. The zero-order valence-corrected chi connectivity index (χ0v) is 12.8. The Balaban J connectivity index is 2.26. The third-order valence-electron chi connectivity index (χ3n) is 3.72. The van der Waals surface area contributed by atoms with E-state index in [1.54, 1.807) is 6.07 Å². The van der Waals surface area contributed by atoms with Gasteiger partial charge in [0.15, 0.2) is 0 Å². The van der Waals surface area contributed by atoms with Gasteiger partial charge in [0.05, 0.1) is 0 Å². The summed E-state index contributed by atoms with van der Waals surface area (Å²) in [6.45, 7) is 9.10. The van der Waals surface area contributed by atoms with Gasteiger partial charge in [0, 0.05) is 36.2 Å². The maximum atomic E-state index is 13.5. The van der Waals surface area contributed by atoms with E-state index in [0.29, 0.717) is 6.54 Å². The second-order valence-electron chi connectivity index (χ2n) is 5.83. The zero-order valence-electron chi connectivity index (χ0n) is 11.9. The van der Waals surface area contributed by atoms with Crippen molar-refractivity contribution < 1.29 is 4.39 Å². The number of benzene rings is 1. The minimum Gasteiger partial charge on any atom is -0.329 e. The highest BCUT2D eigenvalue weighted by Crippen LogP contribution is 2.34. The Hall–Kier alpha value is -0.580. The van der Waals surface area contributed by atoms with Crippen LogP contribution in [-0.2, 0) is 0 Å². The molecule has 0 saturated carbocycles. The number of thioether (sulfide) groups is 1. The molecule has 0 aromatic heterocycles. The van der Waals surface area contributed by atoms with Gasteiger partial charge in [0.25, 0.3) is 0 Å². The minimum atomic E-state index is -0.176. The fourth-order valence-corrected chi connectivity index (χ4v) is 3.90. The molecule has 1 saturated heterocycles. The van der Waals surface area contributed by atoms with Crippen LogP contribution in [0.5, 0.6) is 0 Å². The summed E-state index contributed by atoms with van der Waals surface area (Å²) in [4.78, 5) is 2.40. The normalized spacial score (nSPS) is 21.3. The monoisotopic (exact) mass is 282 g/mol. The predicted octanol–water partition coefficient (Wildman–Crippen LogP) is 2.96. The predicted molar refractivity (Wildman–Crippen MR) is 81.0 cm³/mol. The lowest BCUT2D eigenvalue weighted by atomic mass is 9.98. The molecule has 1 fully saturated rings. The molecular weight excluding hydrogens is 259 g/mol. The summed E-state index contributed by atoms with van der Waals surface area (Å²) in [6.07, 6.45) is 0. The van der Waals surface area contributed by atoms with Gasteiger partial charge in [-0.05, 0) is 44.0 Å². The van der Waals surface area contributed by atoms with Gasteiger partial charge in [0.2, 0.25) is 0 Å².